The summed E-state index contributed by atoms with van der Waals surface area (Å²) >= 11 is 12.4. The number of aliphatic hydroxyl groups excluding tert-OH is 1. The van der Waals surface area contributed by atoms with Crippen molar-refractivity contribution in [1.82, 2.24) is 9.88 Å². The van der Waals surface area contributed by atoms with Crippen LogP contribution in [0.1, 0.15) is 50.8 Å². The van der Waals surface area contributed by atoms with Crippen molar-refractivity contribution in [1.29, 1.82) is 0 Å². The standard InChI is InChI=1S/C22H27Cl2F5N2O3/c1-10-11-4-3-5-13(19(33)22(27,28)29)12(11)6-7-31(10)16(32)8-14-15(23)9-30-18(17(14)24)21(2,34)20(25)26/h9-13,19-20,33-34H,3-8H2,1-2H3/t10-,11+,12+,13+,19+,21+/m0/s1. The molecule has 0 bridgehead atoms. The molecule has 192 valence electrons. The summed E-state index contributed by atoms with van der Waals surface area (Å²) in [6.45, 7) is 2.80. The van der Waals surface area contributed by atoms with Crippen molar-refractivity contribution in [2.75, 3.05) is 6.54 Å². The maximum Gasteiger partial charge on any atom is 0.414 e. The molecule has 1 saturated carbocycles. The first-order valence-electron chi connectivity index (χ1n) is 11.1. The van der Waals surface area contributed by atoms with E-state index in [1.54, 1.807) is 11.8 Å². The van der Waals surface area contributed by atoms with Crippen LogP contribution in [0.15, 0.2) is 6.20 Å². The molecule has 2 fully saturated rings. The Morgan fingerprint density at radius 3 is 2.47 bits per heavy atom. The van der Waals surface area contributed by atoms with E-state index in [4.69, 9.17) is 23.2 Å². The monoisotopic (exact) mass is 532 g/mol. The highest BCUT2D eigenvalue weighted by Gasteiger charge is 2.51. The lowest BCUT2D eigenvalue weighted by atomic mass is 9.64. The van der Waals surface area contributed by atoms with E-state index in [1.165, 1.54) is 0 Å². The van der Waals surface area contributed by atoms with Crippen LogP contribution in [-0.2, 0) is 16.8 Å². The molecule has 1 amide bonds. The Bertz CT molecular complexity index is 915. The number of nitrogens with zero attached hydrogens (tertiary/aromatic N) is 2. The number of carbonyl (C=O) groups is 1. The van der Waals surface area contributed by atoms with Gasteiger partial charge >= 0.3 is 6.18 Å². The average Bonchev–Trinajstić information content (AvgIpc) is 2.75. The first-order valence-corrected chi connectivity index (χ1v) is 11.8. The summed E-state index contributed by atoms with van der Waals surface area (Å²) in [6, 6.07) is -0.391. The van der Waals surface area contributed by atoms with Gasteiger partial charge in [-0.1, -0.05) is 29.6 Å². The Hall–Kier alpha value is -1.23. The quantitative estimate of drug-likeness (QED) is 0.524. The highest BCUT2D eigenvalue weighted by atomic mass is 35.5. The molecule has 1 aromatic rings. The number of likely N-dealkylation sites (tertiary alicyclic amines) is 1. The smallest absolute Gasteiger partial charge is 0.383 e. The van der Waals surface area contributed by atoms with Gasteiger partial charge in [-0.3, -0.25) is 9.78 Å². The van der Waals surface area contributed by atoms with Crippen LogP contribution in [0.5, 0.6) is 0 Å². The molecule has 6 atom stereocenters. The maximum absolute atomic E-state index is 13.3. The molecular formula is C22H27Cl2F5N2O3. The summed E-state index contributed by atoms with van der Waals surface area (Å²) in [6.07, 6.45) is -7.86. The minimum absolute atomic E-state index is 0.0271. The van der Waals surface area contributed by atoms with E-state index in [1.807, 2.05) is 0 Å². The Kier molecular flexibility index (Phi) is 8.07. The number of piperidine rings is 1. The fourth-order valence-corrected chi connectivity index (χ4v) is 6.11. The lowest BCUT2D eigenvalue weighted by molar-refractivity contribution is -0.233. The molecule has 12 heteroatoms. The average molecular weight is 533 g/mol. The molecule has 2 heterocycles. The molecule has 34 heavy (non-hydrogen) atoms. The molecular weight excluding hydrogens is 506 g/mol. The number of halogens is 7. The van der Waals surface area contributed by atoms with Crippen molar-refractivity contribution >= 4 is 29.1 Å². The van der Waals surface area contributed by atoms with Gasteiger partial charge in [-0.2, -0.15) is 13.2 Å². The normalized spacial score (nSPS) is 28.4. The predicted octanol–water partition coefficient (Wildman–Crippen LogP) is 4.98. The number of aliphatic hydroxyl groups is 2. The lowest BCUT2D eigenvalue weighted by Crippen LogP contribution is -2.55. The van der Waals surface area contributed by atoms with Gasteiger partial charge in [0, 0.05) is 24.3 Å². The van der Waals surface area contributed by atoms with Gasteiger partial charge in [0.1, 0.15) is 0 Å². The molecule has 1 aromatic heterocycles. The Labute approximate surface area is 204 Å². The van der Waals surface area contributed by atoms with Crippen molar-refractivity contribution in [2.24, 2.45) is 17.8 Å². The van der Waals surface area contributed by atoms with Crippen LogP contribution in [0.4, 0.5) is 22.0 Å². The minimum Gasteiger partial charge on any atom is -0.383 e. The number of carbonyl (C=O) groups excluding carboxylic acids is 1. The third kappa shape index (κ3) is 5.15. The van der Waals surface area contributed by atoms with Gasteiger partial charge in [0.05, 0.1) is 22.2 Å². The van der Waals surface area contributed by atoms with E-state index in [-0.39, 0.29) is 46.8 Å². The number of amides is 1. The van der Waals surface area contributed by atoms with Gasteiger partial charge in [-0.15, -0.1) is 0 Å². The van der Waals surface area contributed by atoms with Gasteiger partial charge in [0.2, 0.25) is 5.91 Å². The van der Waals surface area contributed by atoms with Crippen molar-refractivity contribution < 1.29 is 37.0 Å². The van der Waals surface area contributed by atoms with E-state index < -0.39 is 47.9 Å². The molecule has 0 radical (unpaired) electrons. The molecule has 0 aromatic carbocycles. The fourth-order valence-electron chi connectivity index (χ4n) is 5.45. The van der Waals surface area contributed by atoms with Crippen LogP contribution in [0.3, 0.4) is 0 Å². The largest absolute Gasteiger partial charge is 0.414 e. The van der Waals surface area contributed by atoms with Crippen LogP contribution >= 0.6 is 23.2 Å². The van der Waals surface area contributed by atoms with Crippen molar-refractivity contribution in [3.8, 4) is 0 Å². The molecule has 1 aliphatic carbocycles. The summed E-state index contributed by atoms with van der Waals surface area (Å²) in [4.78, 5) is 18.4. The Morgan fingerprint density at radius 1 is 1.24 bits per heavy atom. The number of hydrogen-bond donors (Lipinski definition) is 2. The zero-order valence-electron chi connectivity index (χ0n) is 18.6. The number of alkyl halides is 5. The van der Waals surface area contributed by atoms with Crippen molar-refractivity contribution in [3.63, 3.8) is 0 Å². The molecule has 0 spiro atoms. The van der Waals surface area contributed by atoms with E-state index >= 15 is 0 Å². The summed E-state index contributed by atoms with van der Waals surface area (Å²) in [5, 5.41) is 19.6. The van der Waals surface area contributed by atoms with E-state index in [9.17, 15) is 37.0 Å². The van der Waals surface area contributed by atoms with Crippen LogP contribution in [0.25, 0.3) is 0 Å². The first kappa shape index (κ1) is 27.4. The molecule has 0 unspecified atom stereocenters. The van der Waals surface area contributed by atoms with Gasteiger partial charge in [0.25, 0.3) is 6.43 Å². The lowest BCUT2D eigenvalue weighted by Gasteiger charge is -2.50. The molecule has 2 aliphatic rings. The molecule has 1 aliphatic heterocycles. The highest BCUT2D eigenvalue weighted by Crippen LogP contribution is 2.47. The number of aromatic nitrogens is 1. The van der Waals surface area contributed by atoms with E-state index in [0.29, 0.717) is 19.3 Å². The van der Waals surface area contributed by atoms with E-state index in [0.717, 1.165) is 13.1 Å². The highest BCUT2D eigenvalue weighted by molar-refractivity contribution is 6.36. The van der Waals surface area contributed by atoms with Crippen LogP contribution in [0.2, 0.25) is 10.0 Å². The number of hydrogen-bond acceptors (Lipinski definition) is 4. The van der Waals surface area contributed by atoms with Gasteiger partial charge < -0.3 is 15.1 Å². The Balaban J connectivity index is 1.80. The van der Waals surface area contributed by atoms with Gasteiger partial charge in [-0.25, -0.2) is 8.78 Å². The summed E-state index contributed by atoms with van der Waals surface area (Å²) < 4.78 is 66.1. The number of rotatable bonds is 5. The third-order valence-corrected chi connectivity index (χ3v) is 8.08. The van der Waals surface area contributed by atoms with E-state index in [2.05, 4.69) is 4.98 Å². The summed E-state index contributed by atoms with van der Waals surface area (Å²) in [5.74, 6) is -1.92. The second-order valence-electron chi connectivity index (χ2n) is 9.40. The molecule has 2 N–H and O–H groups in total. The molecule has 5 nitrogen and oxygen atoms in total. The zero-order chi connectivity index (χ0) is 25.6. The summed E-state index contributed by atoms with van der Waals surface area (Å²) in [5.41, 5.74) is -3.11. The van der Waals surface area contributed by atoms with Crippen LogP contribution in [0, 0.1) is 17.8 Å². The fraction of sp³-hybridized carbons (Fsp3) is 0.727. The second-order valence-corrected chi connectivity index (χ2v) is 10.2. The molecule has 1 saturated heterocycles. The summed E-state index contributed by atoms with van der Waals surface area (Å²) in [7, 11) is 0. The molecule has 3 rings (SSSR count). The van der Waals surface area contributed by atoms with Crippen molar-refractivity contribution in [2.45, 2.75) is 76.3 Å². The maximum atomic E-state index is 13.3. The minimum atomic E-state index is -4.70. The number of pyridine rings is 1. The van der Waals surface area contributed by atoms with Crippen LogP contribution < -0.4 is 0 Å². The SMILES string of the molecule is C[C@H]1[C@H]2CCC[C@@H]([C@@H](O)C(F)(F)F)[C@@H]2CCN1C(=O)Cc1c(Cl)cnc([C@@](C)(O)C(F)F)c1Cl. The second kappa shape index (κ2) is 10.0. The van der Waals surface area contributed by atoms with Gasteiger partial charge in [-0.05, 0) is 50.9 Å². The Morgan fingerprint density at radius 2 is 1.88 bits per heavy atom. The zero-order valence-corrected chi connectivity index (χ0v) is 20.1. The first-order chi connectivity index (χ1) is 15.7. The van der Waals surface area contributed by atoms with Gasteiger partial charge in [0.15, 0.2) is 11.7 Å². The number of fused-ring (bicyclic) bond motifs is 1. The topological polar surface area (TPSA) is 73.7 Å². The van der Waals surface area contributed by atoms with Crippen LogP contribution in [-0.4, -0.2) is 57.3 Å². The third-order valence-electron chi connectivity index (χ3n) is 7.35. The van der Waals surface area contributed by atoms with Crippen molar-refractivity contribution in [3.05, 3.63) is 27.5 Å². The predicted molar refractivity (Wildman–Crippen MR) is 116 cm³/mol.